The predicted octanol–water partition coefficient (Wildman–Crippen LogP) is 1.22. The lowest BCUT2D eigenvalue weighted by molar-refractivity contribution is -0.122. The maximum atomic E-state index is 12.0. The van der Waals surface area contributed by atoms with Crippen LogP contribution in [-0.2, 0) is 23.1 Å². The molecule has 1 aromatic heterocycles. The van der Waals surface area contributed by atoms with Crippen LogP contribution in [0, 0.1) is 0 Å². The maximum Gasteiger partial charge on any atom is 0.221 e. The first-order valence-corrected chi connectivity index (χ1v) is 7.71. The molecule has 1 fully saturated rings. The molecule has 2 N–H and O–H groups in total. The van der Waals surface area contributed by atoms with Gasteiger partial charge in [0, 0.05) is 31.4 Å². The van der Waals surface area contributed by atoms with Gasteiger partial charge in [0.15, 0.2) is 0 Å². The number of carbonyl (C=O) groups excluding carboxylic acids is 1. The Hall–Kier alpha value is -1.63. The highest BCUT2D eigenvalue weighted by Gasteiger charge is 2.18. The van der Waals surface area contributed by atoms with Gasteiger partial charge in [0.2, 0.25) is 5.91 Å². The fourth-order valence-corrected chi connectivity index (χ4v) is 2.98. The minimum Gasteiger partial charge on any atom is -0.378 e. The molecule has 1 aliphatic heterocycles. The number of fused-ring (bicyclic) bond motifs is 1. The molecule has 118 valence electrons. The largest absolute Gasteiger partial charge is 0.378 e. The Morgan fingerprint density at radius 1 is 1.59 bits per heavy atom. The standard InChI is InChI=1S/C15H19ClN4O2/c1-20-13-4-2-3-11(16)15(13)12(19-20)8-18-14(21)7-10-9-22-6-5-17-10/h2-4,10,17H,5-9H2,1H3,(H,18,21). The molecule has 2 heterocycles. The molecule has 0 saturated carbocycles. The molecule has 0 radical (unpaired) electrons. The van der Waals surface area contributed by atoms with Gasteiger partial charge in [0.25, 0.3) is 0 Å². The highest BCUT2D eigenvalue weighted by atomic mass is 35.5. The van der Waals surface area contributed by atoms with Gasteiger partial charge in [-0.05, 0) is 12.1 Å². The summed E-state index contributed by atoms with van der Waals surface area (Å²) in [6.45, 7) is 2.44. The molecule has 6 nitrogen and oxygen atoms in total. The average Bonchev–Trinajstić information content (AvgIpc) is 2.84. The van der Waals surface area contributed by atoms with E-state index in [1.54, 1.807) is 4.68 Å². The van der Waals surface area contributed by atoms with E-state index in [-0.39, 0.29) is 11.9 Å². The third-order valence-electron chi connectivity index (χ3n) is 3.78. The molecule has 1 saturated heterocycles. The summed E-state index contributed by atoms with van der Waals surface area (Å²) >= 11 is 6.25. The summed E-state index contributed by atoms with van der Waals surface area (Å²) in [5.74, 6) is -0.0196. The van der Waals surface area contributed by atoms with Crippen LogP contribution in [0.25, 0.3) is 10.9 Å². The molecule has 1 amide bonds. The predicted molar refractivity (Wildman–Crippen MR) is 84.8 cm³/mol. The van der Waals surface area contributed by atoms with Crippen molar-refractivity contribution < 1.29 is 9.53 Å². The minimum atomic E-state index is -0.0196. The number of amides is 1. The number of hydrogen-bond donors (Lipinski definition) is 2. The third-order valence-corrected chi connectivity index (χ3v) is 4.10. The highest BCUT2D eigenvalue weighted by molar-refractivity contribution is 6.35. The van der Waals surface area contributed by atoms with Crippen molar-refractivity contribution in [3.8, 4) is 0 Å². The van der Waals surface area contributed by atoms with Crippen molar-refractivity contribution in [1.82, 2.24) is 20.4 Å². The van der Waals surface area contributed by atoms with Crippen LogP contribution in [0.4, 0.5) is 0 Å². The fraction of sp³-hybridized carbons (Fsp3) is 0.467. The van der Waals surface area contributed by atoms with Crippen LogP contribution in [0.5, 0.6) is 0 Å². The Balaban J connectivity index is 1.65. The second-order valence-electron chi connectivity index (χ2n) is 5.41. The molecule has 1 aliphatic rings. The molecule has 0 bridgehead atoms. The number of ether oxygens (including phenoxy) is 1. The fourth-order valence-electron chi connectivity index (χ4n) is 2.71. The first-order chi connectivity index (χ1) is 10.6. The number of aromatic nitrogens is 2. The van der Waals surface area contributed by atoms with Crippen molar-refractivity contribution >= 4 is 28.4 Å². The molecule has 3 rings (SSSR count). The number of morpholine rings is 1. The van der Waals surface area contributed by atoms with Gasteiger partial charge in [-0.2, -0.15) is 5.10 Å². The first kappa shape index (κ1) is 15.3. The van der Waals surface area contributed by atoms with E-state index in [1.165, 1.54) is 0 Å². The van der Waals surface area contributed by atoms with Crippen LogP contribution in [0.1, 0.15) is 12.1 Å². The zero-order valence-electron chi connectivity index (χ0n) is 12.4. The Morgan fingerprint density at radius 2 is 2.45 bits per heavy atom. The number of carbonyl (C=O) groups is 1. The SMILES string of the molecule is Cn1nc(CNC(=O)CC2COCCN2)c2c(Cl)cccc21. The van der Waals surface area contributed by atoms with Crippen LogP contribution in [-0.4, -0.2) is 41.5 Å². The summed E-state index contributed by atoms with van der Waals surface area (Å²) in [5.41, 5.74) is 1.74. The Morgan fingerprint density at radius 3 is 3.23 bits per heavy atom. The van der Waals surface area contributed by atoms with E-state index in [0.29, 0.717) is 31.2 Å². The van der Waals surface area contributed by atoms with Gasteiger partial charge >= 0.3 is 0 Å². The number of hydrogen-bond acceptors (Lipinski definition) is 4. The second kappa shape index (κ2) is 6.64. The minimum absolute atomic E-state index is 0.0196. The van der Waals surface area contributed by atoms with Crippen molar-refractivity contribution in [3.05, 3.63) is 28.9 Å². The molecule has 1 aromatic carbocycles. The Kier molecular flexibility index (Phi) is 4.61. The van der Waals surface area contributed by atoms with Crippen molar-refractivity contribution in [3.63, 3.8) is 0 Å². The maximum absolute atomic E-state index is 12.0. The van der Waals surface area contributed by atoms with E-state index >= 15 is 0 Å². The summed E-state index contributed by atoms with van der Waals surface area (Å²) in [5, 5.41) is 12.2. The van der Waals surface area contributed by atoms with Crippen LogP contribution in [0.15, 0.2) is 18.2 Å². The van der Waals surface area contributed by atoms with Gasteiger partial charge in [-0.25, -0.2) is 0 Å². The summed E-state index contributed by atoms with van der Waals surface area (Å²) in [4.78, 5) is 12.0. The normalized spacial score (nSPS) is 18.5. The van der Waals surface area contributed by atoms with Crippen molar-refractivity contribution in [2.24, 2.45) is 7.05 Å². The van der Waals surface area contributed by atoms with Crippen molar-refractivity contribution in [1.29, 1.82) is 0 Å². The van der Waals surface area contributed by atoms with Crippen LogP contribution >= 0.6 is 11.6 Å². The van der Waals surface area contributed by atoms with Crippen LogP contribution < -0.4 is 10.6 Å². The van der Waals surface area contributed by atoms with Crippen LogP contribution in [0.3, 0.4) is 0 Å². The summed E-state index contributed by atoms with van der Waals surface area (Å²) in [6, 6.07) is 5.77. The number of halogens is 1. The molecule has 7 heteroatoms. The molecule has 1 atom stereocenters. The van der Waals surface area contributed by atoms with E-state index in [2.05, 4.69) is 15.7 Å². The van der Waals surface area contributed by atoms with E-state index in [1.807, 2.05) is 25.2 Å². The third kappa shape index (κ3) is 3.24. The van der Waals surface area contributed by atoms with E-state index < -0.39 is 0 Å². The average molecular weight is 323 g/mol. The molecule has 2 aromatic rings. The van der Waals surface area contributed by atoms with Gasteiger partial charge in [-0.3, -0.25) is 9.48 Å². The van der Waals surface area contributed by atoms with Crippen LogP contribution in [0.2, 0.25) is 5.02 Å². The molecule has 1 unspecified atom stereocenters. The Labute approximate surface area is 133 Å². The van der Waals surface area contributed by atoms with Crippen molar-refractivity contribution in [2.75, 3.05) is 19.8 Å². The van der Waals surface area contributed by atoms with E-state index in [4.69, 9.17) is 16.3 Å². The molecular weight excluding hydrogens is 304 g/mol. The second-order valence-corrected chi connectivity index (χ2v) is 5.82. The molecule has 0 spiro atoms. The lowest BCUT2D eigenvalue weighted by Crippen LogP contribution is -2.44. The first-order valence-electron chi connectivity index (χ1n) is 7.33. The number of aryl methyl sites for hydroxylation is 1. The topological polar surface area (TPSA) is 68.2 Å². The smallest absolute Gasteiger partial charge is 0.221 e. The zero-order chi connectivity index (χ0) is 15.5. The summed E-state index contributed by atoms with van der Waals surface area (Å²) in [6.07, 6.45) is 0.401. The number of nitrogens with zero attached hydrogens (tertiary/aromatic N) is 2. The lowest BCUT2D eigenvalue weighted by atomic mass is 10.2. The van der Waals surface area contributed by atoms with Gasteiger partial charge in [0.05, 0.1) is 36.0 Å². The Bertz CT molecular complexity index is 679. The van der Waals surface area contributed by atoms with Gasteiger partial charge < -0.3 is 15.4 Å². The highest BCUT2D eigenvalue weighted by Crippen LogP contribution is 2.26. The number of benzene rings is 1. The van der Waals surface area contributed by atoms with E-state index in [0.717, 1.165) is 23.1 Å². The molecule has 22 heavy (non-hydrogen) atoms. The molecular formula is C15H19ClN4O2. The quantitative estimate of drug-likeness (QED) is 0.888. The van der Waals surface area contributed by atoms with Gasteiger partial charge in [-0.15, -0.1) is 0 Å². The summed E-state index contributed by atoms with van der Waals surface area (Å²) < 4.78 is 7.12. The number of rotatable bonds is 4. The lowest BCUT2D eigenvalue weighted by Gasteiger charge is -2.23. The van der Waals surface area contributed by atoms with Gasteiger partial charge in [0.1, 0.15) is 0 Å². The van der Waals surface area contributed by atoms with E-state index in [9.17, 15) is 4.79 Å². The van der Waals surface area contributed by atoms with Crippen molar-refractivity contribution in [2.45, 2.75) is 19.0 Å². The monoisotopic (exact) mass is 322 g/mol. The summed E-state index contributed by atoms with van der Waals surface area (Å²) in [7, 11) is 1.87. The zero-order valence-corrected chi connectivity index (χ0v) is 13.2. The van der Waals surface area contributed by atoms with Gasteiger partial charge in [-0.1, -0.05) is 17.7 Å². The number of nitrogens with one attached hydrogen (secondary N) is 2. The molecule has 0 aliphatic carbocycles.